The summed E-state index contributed by atoms with van der Waals surface area (Å²) in [5.41, 5.74) is 1.68. The summed E-state index contributed by atoms with van der Waals surface area (Å²) in [6.45, 7) is 3.41. The molecule has 0 aliphatic carbocycles. The summed E-state index contributed by atoms with van der Waals surface area (Å²) < 4.78 is 0. The average Bonchev–Trinajstić information content (AvgIpc) is 2.32. The second kappa shape index (κ2) is 5.22. The normalized spacial score (nSPS) is 10.1. The fraction of sp³-hybridized carbons (Fsp3) is 0. The molecule has 0 spiro atoms. The van der Waals surface area contributed by atoms with Crippen LogP contribution in [0.3, 0.4) is 0 Å². The number of rotatable bonds is 4. The molecule has 0 aliphatic heterocycles. The van der Waals surface area contributed by atoms with Gasteiger partial charge in [-0.25, -0.2) is 0 Å². The molecule has 0 N–H and O–H groups in total. The number of hydrogen-bond acceptors (Lipinski definition) is 2. The molecule has 0 amide bonds. The van der Waals surface area contributed by atoms with Gasteiger partial charge >= 0.3 is 0 Å². The third-order valence-corrected chi connectivity index (χ3v) is 1.79. The Balaban J connectivity index is 1.81. The van der Waals surface area contributed by atoms with E-state index < -0.39 is 0 Å². The van der Waals surface area contributed by atoms with E-state index in [0.717, 1.165) is 11.4 Å². The standard InChI is InChI=1S/C12H10N3/c1-3-7-14-11(5-1)9-13-10-12-6-2-4-8-15-12/h1-10H/q-1. The van der Waals surface area contributed by atoms with Crippen molar-refractivity contribution in [2.75, 3.05) is 0 Å². The van der Waals surface area contributed by atoms with Crippen LogP contribution in [0.5, 0.6) is 0 Å². The minimum absolute atomic E-state index is 0.838. The zero-order chi connectivity index (χ0) is 10.3. The quantitative estimate of drug-likeness (QED) is 0.753. The van der Waals surface area contributed by atoms with Gasteiger partial charge in [-0.05, 0) is 24.3 Å². The zero-order valence-electron chi connectivity index (χ0n) is 8.12. The van der Waals surface area contributed by atoms with Gasteiger partial charge in [-0.1, -0.05) is 12.1 Å². The van der Waals surface area contributed by atoms with Crippen molar-refractivity contribution in [1.82, 2.24) is 9.97 Å². The highest BCUT2D eigenvalue weighted by Crippen LogP contribution is 2.10. The highest BCUT2D eigenvalue weighted by Gasteiger charge is 1.85. The van der Waals surface area contributed by atoms with E-state index >= 15 is 0 Å². The molecule has 3 nitrogen and oxygen atoms in total. The first kappa shape index (κ1) is 9.80. The monoisotopic (exact) mass is 196 g/mol. The Morgan fingerprint density at radius 2 is 1.33 bits per heavy atom. The lowest BCUT2D eigenvalue weighted by molar-refractivity contribution is 1.18. The van der Waals surface area contributed by atoms with E-state index in [2.05, 4.69) is 15.3 Å². The third-order valence-electron chi connectivity index (χ3n) is 1.79. The molecule has 0 saturated carbocycles. The predicted molar refractivity (Wildman–Crippen MR) is 58.6 cm³/mol. The first-order chi connectivity index (χ1) is 7.45. The van der Waals surface area contributed by atoms with Gasteiger partial charge in [0, 0.05) is 23.8 Å². The molecule has 15 heavy (non-hydrogen) atoms. The van der Waals surface area contributed by atoms with E-state index in [1.165, 1.54) is 0 Å². The van der Waals surface area contributed by atoms with E-state index in [4.69, 9.17) is 0 Å². The molecule has 2 aromatic heterocycles. The fourth-order valence-corrected chi connectivity index (χ4v) is 1.09. The molecule has 2 radical (unpaired) electrons. The Hall–Kier alpha value is -1.74. The molecule has 0 fully saturated rings. The van der Waals surface area contributed by atoms with Crippen molar-refractivity contribution in [1.29, 1.82) is 0 Å². The predicted octanol–water partition coefficient (Wildman–Crippen LogP) is 2.57. The largest absolute Gasteiger partial charge is 0.648 e. The maximum atomic E-state index is 4.14. The lowest BCUT2D eigenvalue weighted by Crippen LogP contribution is -1.88. The van der Waals surface area contributed by atoms with E-state index in [-0.39, 0.29) is 0 Å². The average molecular weight is 196 g/mol. The lowest BCUT2D eigenvalue weighted by Gasteiger charge is -2.17. The van der Waals surface area contributed by atoms with E-state index in [0.29, 0.717) is 0 Å². The molecular weight excluding hydrogens is 186 g/mol. The third kappa shape index (κ3) is 3.14. The highest BCUT2D eigenvalue weighted by molar-refractivity contribution is 5.28. The van der Waals surface area contributed by atoms with Gasteiger partial charge in [0.2, 0.25) is 0 Å². The summed E-state index contributed by atoms with van der Waals surface area (Å²) in [6.07, 6.45) is 3.48. The van der Waals surface area contributed by atoms with Crippen LogP contribution >= 0.6 is 0 Å². The molecule has 0 saturated heterocycles. The summed E-state index contributed by atoms with van der Waals surface area (Å²) in [5, 5.41) is 4.14. The molecule has 0 aliphatic rings. The van der Waals surface area contributed by atoms with Gasteiger partial charge in [0.25, 0.3) is 0 Å². The fourth-order valence-electron chi connectivity index (χ4n) is 1.09. The molecule has 3 heteroatoms. The zero-order valence-corrected chi connectivity index (χ0v) is 8.12. The van der Waals surface area contributed by atoms with Crippen LogP contribution in [0.15, 0.2) is 48.8 Å². The van der Waals surface area contributed by atoms with Crippen molar-refractivity contribution in [3.8, 4) is 0 Å². The van der Waals surface area contributed by atoms with Crippen molar-refractivity contribution >= 4 is 0 Å². The van der Waals surface area contributed by atoms with E-state index in [1.807, 2.05) is 36.4 Å². The number of aromatic nitrogens is 2. The van der Waals surface area contributed by atoms with Gasteiger partial charge in [-0.2, -0.15) is 0 Å². The van der Waals surface area contributed by atoms with Crippen LogP contribution in [0.25, 0.3) is 5.32 Å². The first-order valence-electron chi connectivity index (χ1n) is 4.63. The second-order valence-electron chi connectivity index (χ2n) is 2.92. The van der Waals surface area contributed by atoms with Crippen LogP contribution in [-0.4, -0.2) is 9.97 Å². The molecular formula is C12H10N3-. The van der Waals surface area contributed by atoms with Gasteiger partial charge in [-0.3, -0.25) is 9.97 Å². The van der Waals surface area contributed by atoms with Crippen LogP contribution in [-0.2, 0) is 0 Å². The Morgan fingerprint density at radius 1 is 0.800 bits per heavy atom. The van der Waals surface area contributed by atoms with Gasteiger partial charge in [0.05, 0.1) is 0 Å². The number of hydrogen-bond donors (Lipinski definition) is 0. The van der Waals surface area contributed by atoms with Crippen molar-refractivity contribution in [3.63, 3.8) is 0 Å². The van der Waals surface area contributed by atoms with Gasteiger partial charge in [0.15, 0.2) is 0 Å². The molecule has 0 unspecified atom stereocenters. The van der Waals surface area contributed by atoms with Crippen molar-refractivity contribution in [2.24, 2.45) is 0 Å². The Morgan fingerprint density at radius 3 is 1.73 bits per heavy atom. The van der Waals surface area contributed by atoms with Crippen molar-refractivity contribution < 1.29 is 0 Å². The summed E-state index contributed by atoms with van der Waals surface area (Å²) >= 11 is 0. The molecule has 74 valence electrons. The van der Waals surface area contributed by atoms with E-state index in [9.17, 15) is 0 Å². The molecule has 2 rings (SSSR count). The van der Waals surface area contributed by atoms with Gasteiger partial charge in [-0.15, -0.1) is 13.1 Å². The topological polar surface area (TPSA) is 39.9 Å². The van der Waals surface area contributed by atoms with E-state index in [1.54, 1.807) is 25.5 Å². The summed E-state index contributed by atoms with van der Waals surface area (Å²) in [4.78, 5) is 8.24. The summed E-state index contributed by atoms with van der Waals surface area (Å²) in [6, 6.07) is 11.4. The van der Waals surface area contributed by atoms with Crippen molar-refractivity contribution in [3.05, 3.63) is 78.6 Å². The number of nitrogens with zero attached hydrogens (tertiary/aromatic N) is 3. The Bertz CT molecular complexity index is 347. The molecule has 0 aromatic carbocycles. The van der Waals surface area contributed by atoms with Crippen LogP contribution in [0.4, 0.5) is 0 Å². The smallest absolute Gasteiger partial charge is 0.0270 e. The minimum Gasteiger partial charge on any atom is -0.648 e. The van der Waals surface area contributed by atoms with Crippen LogP contribution in [0.1, 0.15) is 11.4 Å². The SMILES string of the molecule is [CH]([N-][CH]c1ccccn1)c1ccccn1. The number of pyridine rings is 2. The maximum Gasteiger partial charge on any atom is 0.0270 e. The van der Waals surface area contributed by atoms with Gasteiger partial charge < -0.3 is 5.32 Å². The highest BCUT2D eigenvalue weighted by atomic mass is 14.9. The molecule has 0 atom stereocenters. The van der Waals surface area contributed by atoms with Crippen LogP contribution < -0.4 is 0 Å². The van der Waals surface area contributed by atoms with Gasteiger partial charge in [0.1, 0.15) is 0 Å². The summed E-state index contributed by atoms with van der Waals surface area (Å²) in [5.74, 6) is 0. The second-order valence-corrected chi connectivity index (χ2v) is 2.92. The summed E-state index contributed by atoms with van der Waals surface area (Å²) in [7, 11) is 0. The lowest BCUT2D eigenvalue weighted by atomic mass is 10.3. The van der Waals surface area contributed by atoms with Crippen LogP contribution in [0, 0.1) is 13.1 Å². The Kier molecular flexibility index (Phi) is 3.41. The minimum atomic E-state index is 0.838. The molecule has 2 aromatic rings. The molecule has 0 bridgehead atoms. The van der Waals surface area contributed by atoms with Crippen LogP contribution in [0.2, 0.25) is 0 Å². The first-order valence-corrected chi connectivity index (χ1v) is 4.63. The maximum absolute atomic E-state index is 4.14. The molecule has 2 heterocycles. The van der Waals surface area contributed by atoms with Crippen molar-refractivity contribution in [2.45, 2.75) is 0 Å². The Labute approximate surface area is 89.2 Å².